The van der Waals surface area contributed by atoms with E-state index in [4.69, 9.17) is 4.74 Å². The highest BCUT2D eigenvalue weighted by Gasteiger charge is 2.39. The molecule has 1 aliphatic heterocycles. The van der Waals surface area contributed by atoms with Gasteiger partial charge in [-0.1, -0.05) is 12.1 Å². The van der Waals surface area contributed by atoms with Gasteiger partial charge in [0.1, 0.15) is 5.60 Å². The van der Waals surface area contributed by atoms with Crippen molar-refractivity contribution in [1.29, 1.82) is 0 Å². The van der Waals surface area contributed by atoms with Crippen LogP contribution >= 0.6 is 0 Å². The van der Waals surface area contributed by atoms with Gasteiger partial charge in [0.2, 0.25) is 0 Å². The molecule has 0 aromatic heterocycles. The number of nitrogens with zero attached hydrogens (tertiary/aromatic N) is 1. The van der Waals surface area contributed by atoms with E-state index in [2.05, 4.69) is 5.32 Å². The molecule has 21 heavy (non-hydrogen) atoms. The van der Waals surface area contributed by atoms with Crippen LogP contribution in [0.3, 0.4) is 0 Å². The molecular formula is C15H22N2O4. The lowest BCUT2D eigenvalue weighted by molar-refractivity contribution is -0.385. The van der Waals surface area contributed by atoms with E-state index in [0.717, 1.165) is 5.56 Å². The van der Waals surface area contributed by atoms with E-state index in [1.54, 1.807) is 19.1 Å². The summed E-state index contributed by atoms with van der Waals surface area (Å²) in [6, 6.07) is 5.13. The van der Waals surface area contributed by atoms with Crippen molar-refractivity contribution in [3.05, 3.63) is 39.4 Å². The van der Waals surface area contributed by atoms with E-state index in [1.807, 2.05) is 19.9 Å². The molecule has 3 atom stereocenters. The van der Waals surface area contributed by atoms with Gasteiger partial charge in [-0.15, -0.1) is 0 Å². The van der Waals surface area contributed by atoms with Crippen LogP contribution in [0.4, 0.5) is 5.69 Å². The molecule has 0 bridgehead atoms. The maximum atomic E-state index is 11.0. The van der Waals surface area contributed by atoms with Crippen LogP contribution in [0, 0.1) is 17.0 Å². The number of hydrogen-bond acceptors (Lipinski definition) is 5. The summed E-state index contributed by atoms with van der Waals surface area (Å²) in [5, 5.41) is 24.7. The molecule has 6 nitrogen and oxygen atoms in total. The van der Waals surface area contributed by atoms with Crippen molar-refractivity contribution in [2.45, 2.75) is 44.9 Å². The van der Waals surface area contributed by atoms with Gasteiger partial charge in [-0.2, -0.15) is 0 Å². The maximum absolute atomic E-state index is 11.0. The van der Waals surface area contributed by atoms with Gasteiger partial charge < -0.3 is 15.2 Å². The average molecular weight is 294 g/mol. The number of hydrogen-bond donors (Lipinski definition) is 2. The van der Waals surface area contributed by atoms with E-state index in [-0.39, 0.29) is 22.8 Å². The Morgan fingerprint density at radius 2 is 2.33 bits per heavy atom. The van der Waals surface area contributed by atoms with Crippen LogP contribution in [0.5, 0.6) is 0 Å². The van der Waals surface area contributed by atoms with Gasteiger partial charge in [0.15, 0.2) is 0 Å². The first-order chi connectivity index (χ1) is 9.83. The van der Waals surface area contributed by atoms with Crippen molar-refractivity contribution in [2.75, 3.05) is 13.2 Å². The molecule has 0 aliphatic carbocycles. The summed E-state index contributed by atoms with van der Waals surface area (Å²) < 4.78 is 5.39. The minimum Gasteiger partial charge on any atom is -0.386 e. The standard InChI is InChI=1S/C15H22N2O4/c1-10-4-5-13(8-14(10)17(19)20)11(2)16-9-15(18)6-7-21-12(15)3/h4-5,8,11-12,16,18H,6-7,9H2,1-3H3. The first-order valence-corrected chi connectivity index (χ1v) is 7.16. The average Bonchev–Trinajstić information content (AvgIpc) is 2.77. The molecule has 1 fully saturated rings. The zero-order valence-electron chi connectivity index (χ0n) is 12.6. The molecule has 3 unspecified atom stereocenters. The highest BCUT2D eigenvalue weighted by atomic mass is 16.6. The van der Waals surface area contributed by atoms with Crippen LogP contribution in [-0.2, 0) is 4.74 Å². The third kappa shape index (κ3) is 3.40. The van der Waals surface area contributed by atoms with E-state index in [1.165, 1.54) is 0 Å². The molecule has 116 valence electrons. The third-order valence-corrected chi connectivity index (χ3v) is 4.30. The molecule has 1 aromatic rings. The largest absolute Gasteiger partial charge is 0.386 e. The molecule has 0 spiro atoms. The van der Waals surface area contributed by atoms with Crippen molar-refractivity contribution in [3.8, 4) is 0 Å². The fourth-order valence-corrected chi connectivity index (χ4v) is 2.54. The molecule has 6 heteroatoms. The summed E-state index contributed by atoms with van der Waals surface area (Å²) in [4.78, 5) is 10.6. The van der Waals surface area contributed by atoms with Crippen molar-refractivity contribution in [2.24, 2.45) is 0 Å². The number of nitro groups is 1. The number of aliphatic hydroxyl groups is 1. The van der Waals surface area contributed by atoms with Crippen molar-refractivity contribution in [1.82, 2.24) is 5.32 Å². The summed E-state index contributed by atoms with van der Waals surface area (Å²) in [6.07, 6.45) is 0.395. The Labute approximate surface area is 124 Å². The number of aryl methyl sites for hydroxylation is 1. The van der Waals surface area contributed by atoms with Gasteiger partial charge in [0.25, 0.3) is 5.69 Å². The predicted molar refractivity (Wildman–Crippen MR) is 79.2 cm³/mol. The van der Waals surface area contributed by atoms with Crippen molar-refractivity contribution >= 4 is 5.69 Å². The second kappa shape index (κ2) is 6.09. The molecule has 2 rings (SSSR count). The number of nitrogens with one attached hydrogen (secondary N) is 1. The number of rotatable bonds is 5. The van der Waals surface area contributed by atoms with Crippen LogP contribution < -0.4 is 5.32 Å². The monoisotopic (exact) mass is 294 g/mol. The third-order valence-electron chi connectivity index (χ3n) is 4.30. The Balaban J connectivity index is 2.05. The highest BCUT2D eigenvalue weighted by Crippen LogP contribution is 2.27. The molecule has 1 aromatic carbocycles. The number of nitro benzene ring substituents is 1. The minimum absolute atomic E-state index is 0.0823. The van der Waals surface area contributed by atoms with Gasteiger partial charge >= 0.3 is 0 Å². The zero-order valence-corrected chi connectivity index (χ0v) is 12.6. The van der Waals surface area contributed by atoms with Crippen molar-refractivity contribution in [3.63, 3.8) is 0 Å². The van der Waals surface area contributed by atoms with Crippen LogP contribution in [0.1, 0.15) is 37.4 Å². The fourth-order valence-electron chi connectivity index (χ4n) is 2.54. The molecule has 1 saturated heterocycles. The molecule has 1 aliphatic rings. The Kier molecular flexibility index (Phi) is 4.61. The maximum Gasteiger partial charge on any atom is 0.272 e. The Hall–Kier alpha value is -1.50. The van der Waals surface area contributed by atoms with E-state index in [0.29, 0.717) is 25.1 Å². The van der Waals surface area contributed by atoms with Gasteiger partial charge in [-0.3, -0.25) is 10.1 Å². The van der Waals surface area contributed by atoms with Crippen LogP contribution in [0.25, 0.3) is 0 Å². The summed E-state index contributed by atoms with van der Waals surface area (Å²) in [7, 11) is 0. The van der Waals surface area contributed by atoms with E-state index in [9.17, 15) is 15.2 Å². The second-order valence-corrected chi connectivity index (χ2v) is 5.77. The predicted octanol–water partition coefficient (Wildman–Crippen LogP) is 2.09. The number of benzene rings is 1. The topological polar surface area (TPSA) is 84.6 Å². The summed E-state index contributed by atoms with van der Waals surface area (Å²) in [5.41, 5.74) is 0.734. The lowest BCUT2D eigenvalue weighted by atomic mass is 9.95. The normalized spacial score (nSPS) is 26.8. The summed E-state index contributed by atoms with van der Waals surface area (Å²) in [5.74, 6) is 0. The second-order valence-electron chi connectivity index (χ2n) is 5.77. The number of ether oxygens (including phenoxy) is 1. The molecule has 2 N–H and O–H groups in total. The van der Waals surface area contributed by atoms with Crippen molar-refractivity contribution < 1.29 is 14.8 Å². The van der Waals surface area contributed by atoms with Gasteiger partial charge in [0, 0.05) is 37.2 Å². The minimum atomic E-state index is -0.870. The molecule has 0 radical (unpaired) electrons. The SMILES string of the molecule is Cc1ccc(C(C)NCC2(O)CCOC2C)cc1[N+](=O)[O-]. The van der Waals surface area contributed by atoms with E-state index >= 15 is 0 Å². The quantitative estimate of drug-likeness (QED) is 0.641. The molecule has 0 saturated carbocycles. The Morgan fingerprint density at radius 3 is 2.90 bits per heavy atom. The Morgan fingerprint density at radius 1 is 1.62 bits per heavy atom. The van der Waals surface area contributed by atoms with Crippen LogP contribution in [-0.4, -0.2) is 34.9 Å². The molecular weight excluding hydrogens is 272 g/mol. The van der Waals surface area contributed by atoms with E-state index < -0.39 is 5.60 Å². The van der Waals surface area contributed by atoms with Gasteiger partial charge in [-0.25, -0.2) is 0 Å². The van der Waals surface area contributed by atoms with Crippen LogP contribution in [0.15, 0.2) is 18.2 Å². The summed E-state index contributed by atoms with van der Waals surface area (Å²) >= 11 is 0. The lowest BCUT2D eigenvalue weighted by Crippen LogP contribution is -2.46. The molecule has 1 heterocycles. The lowest BCUT2D eigenvalue weighted by Gasteiger charge is -2.28. The first kappa shape index (κ1) is 15.9. The smallest absolute Gasteiger partial charge is 0.272 e. The zero-order chi connectivity index (χ0) is 15.6. The Bertz CT molecular complexity index is 534. The van der Waals surface area contributed by atoms with Gasteiger partial charge in [0.05, 0.1) is 11.0 Å². The first-order valence-electron chi connectivity index (χ1n) is 7.16. The summed E-state index contributed by atoms with van der Waals surface area (Å²) in [6.45, 7) is 6.47. The van der Waals surface area contributed by atoms with Crippen LogP contribution in [0.2, 0.25) is 0 Å². The molecule has 0 amide bonds. The highest BCUT2D eigenvalue weighted by molar-refractivity contribution is 5.43. The van der Waals surface area contributed by atoms with Gasteiger partial charge in [-0.05, 0) is 26.3 Å². The fraction of sp³-hybridized carbons (Fsp3) is 0.600.